The number of ether oxygens (including phenoxy) is 1. The van der Waals surface area contributed by atoms with Crippen molar-refractivity contribution in [3.63, 3.8) is 0 Å². The van der Waals surface area contributed by atoms with Crippen LogP contribution in [0.15, 0.2) is 48.0 Å². The first-order valence-electron chi connectivity index (χ1n) is 7.68. The number of benzene rings is 1. The Hall–Kier alpha value is -2.93. The van der Waals surface area contributed by atoms with Gasteiger partial charge in [-0.1, -0.05) is 24.3 Å². The summed E-state index contributed by atoms with van der Waals surface area (Å²) in [5.41, 5.74) is 1.31. The molecule has 0 unspecified atom stereocenters. The van der Waals surface area contributed by atoms with Crippen molar-refractivity contribution in [1.29, 1.82) is 0 Å². The lowest BCUT2D eigenvalue weighted by molar-refractivity contribution is -0.145. The molecule has 0 bridgehead atoms. The van der Waals surface area contributed by atoms with Crippen LogP contribution in [0.2, 0.25) is 0 Å². The van der Waals surface area contributed by atoms with Crippen LogP contribution in [0.4, 0.5) is 0 Å². The zero-order chi connectivity index (χ0) is 17.8. The number of H-pyrrole nitrogens is 1. The lowest BCUT2D eigenvalue weighted by Crippen LogP contribution is -2.33. The number of hydrogen-bond donors (Lipinski definition) is 2. The summed E-state index contributed by atoms with van der Waals surface area (Å²) in [6.45, 7) is 1.23. The zero-order valence-electron chi connectivity index (χ0n) is 13.4. The lowest BCUT2D eigenvalue weighted by atomic mass is 10.1. The predicted octanol–water partition coefficient (Wildman–Crippen LogP) is 2.77. The van der Waals surface area contributed by atoms with E-state index < -0.39 is 12.1 Å². The molecule has 0 aliphatic heterocycles. The number of nitrogens with one attached hydrogen (secondary N) is 2. The maximum absolute atomic E-state index is 12.5. The fourth-order valence-electron chi connectivity index (χ4n) is 2.43. The molecule has 0 fully saturated rings. The average Bonchev–Trinajstić information content (AvgIpc) is 3.28. The number of thiophene rings is 1. The summed E-state index contributed by atoms with van der Waals surface area (Å²) in [7, 11) is 0. The molecule has 0 aliphatic carbocycles. The first-order valence-corrected chi connectivity index (χ1v) is 8.55. The third-order valence-corrected chi connectivity index (χ3v) is 4.54. The van der Waals surface area contributed by atoms with Crippen LogP contribution in [-0.2, 0) is 9.53 Å². The molecule has 128 valence electrons. The number of aromatic nitrogens is 1. The van der Waals surface area contributed by atoms with Crippen molar-refractivity contribution in [3.8, 4) is 0 Å². The fourth-order valence-corrected chi connectivity index (χ4v) is 3.07. The number of carbonyl (C=O) groups excluding carboxylic acids is 3. The molecule has 0 saturated carbocycles. The third kappa shape index (κ3) is 3.77. The largest absolute Gasteiger partial charge is 0.453 e. The van der Waals surface area contributed by atoms with E-state index in [1.54, 1.807) is 23.7 Å². The van der Waals surface area contributed by atoms with Crippen LogP contribution in [0.5, 0.6) is 0 Å². The highest BCUT2D eigenvalue weighted by Crippen LogP contribution is 2.19. The molecule has 25 heavy (non-hydrogen) atoms. The van der Waals surface area contributed by atoms with Gasteiger partial charge in [0.25, 0.3) is 5.91 Å². The van der Waals surface area contributed by atoms with Gasteiger partial charge in [0.15, 0.2) is 6.10 Å². The molecule has 0 spiro atoms. The Kier molecular flexibility index (Phi) is 4.95. The quantitative estimate of drug-likeness (QED) is 0.525. The summed E-state index contributed by atoms with van der Waals surface area (Å²) in [6.07, 6.45) is 0.668. The zero-order valence-corrected chi connectivity index (χ0v) is 14.3. The molecule has 1 aromatic carbocycles. The van der Waals surface area contributed by atoms with Crippen LogP contribution in [0, 0.1) is 0 Å². The van der Waals surface area contributed by atoms with E-state index in [0.29, 0.717) is 10.4 Å². The van der Waals surface area contributed by atoms with Gasteiger partial charge in [0.2, 0.25) is 5.78 Å². The molecule has 1 amide bonds. The molecular formula is C18H16N2O4S. The maximum atomic E-state index is 12.5. The third-order valence-electron chi connectivity index (χ3n) is 3.67. The Bertz CT molecular complexity index is 914. The first-order chi connectivity index (χ1) is 12.1. The molecule has 0 radical (unpaired) electrons. The molecule has 3 rings (SSSR count). The molecule has 0 aliphatic rings. The van der Waals surface area contributed by atoms with Gasteiger partial charge in [-0.25, -0.2) is 0 Å². The number of aromatic amines is 1. The summed E-state index contributed by atoms with van der Waals surface area (Å²) in [4.78, 5) is 39.7. The Morgan fingerprint density at radius 2 is 2.00 bits per heavy atom. The van der Waals surface area contributed by atoms with E-state index in [4.69, 9.17) is 4.74 Å². The molecule has 7 heteroatoms. The minimum Gasteiger partial charge on any atom is -0.453 e. The summed E-state index contributed by atoms with van der Waals surface area (Å²) < 4.78 is 5.14. The standard InChI is InChI=1S/C18H16N2O4S/c1-11(17(22)13-9-19-14-6-3-2-5-12(13)14)24-16(21)10-20-18(23)15-7-4-8-25-15/h2-9,11,19H,10H2,1H3,(H,20,23)/t11-/m0/s1. The van der Waals surface area contributed by atoms with E-state index in [-0.39, 0.29) is 18.2 Å². The highest BCUT2D eigenvalue weighted by molar-refractivity contribution is 7.12. The van der Waals surface area contributed by atoms with E-state index in [1.165, 1.54) is 18.3 Å². The topological polar surface area (TPSA) is 88.3 Å². The number of para-hydroxylation sites is 1. The van der Waals surface area contributed by atoms with E-state index in [2.05, 4.69) is 10.3 Å². The monoisotopic (exact) mass is 356 g/mol. The van der Waals surface area contributed by atoms with Gasteiger partial charge >= 0.3 is 5.97 Å². The highest BCUT2D eigenvalue weighted by atomic mass is 32.1. The Morgan fingerprint density at radius 1 is 1.20 bits per heavy atom. The maximum Gasteiger partial charge on any atom is 0.326 e. The number of esters is 1. The Labute approximate surface area is 147 Å². The van der Waals surface area contributed by atoms with Gasteiger partial charge in [-0.05, 0) is 24.4 Å². The van der Waals surface area contributed by atoms with Crippen molar-refractivity contribution < 1.29 is 19.1 Å². The number of Topliss-reactive ketones (excluding diaryl/α,β-unsaturated/α-hetero) is 1. The van der Waals surface area contributed by atoms with Gasteiger partial charge in [0.1, 0.15) is 6.54 Å². The summed E-state index contributed by atoms with van der Waals surface area (Å²) >= 11 is 1.28. The smallest absolute Gasteiger partial charge is 0.326 e. The predicted molar refractivity (Wildman–Crippen MR) is 94.8 cm³/mol. The van der Waals surface area contributed by atoms with E-state index in [1.807, 2.05) is 24.3 Å². The number of fused-ring (bicyclic) bond motifs is 1. The van der Waals surface area contributed by atoms with Crippen LogP contribution in [0.25, 0.3) is 10.9 Å². The van der Waals surface area contributed by atoms with Gasteiger partial charge < -0.3 is 15.0 Å². The van der Waals surface area contributed by atoms with Crippen LogP contribution in [0.1, 0.15) is 27.0 Å². The van der Waals surface area contributed by atoms with Crippen molar-refractivity contribution >= 4 is 39.9 Å². The van der Waals surface area contributed by atoms with Gasteiger partial charge in [-0.15, -0.1) is 11.3 Å². The number of hydrogen-bond acceptors (Lipinski definition) is 5. The van der Waals surface area contributed by atoms with Crippen molar-refractivity contribution in [2.45, 2.75) is 13.0 Å². The van der Waals surface area contributed by atoms with Crippen LogP contribution in [-0.4, -0.2) is 35.3 Å². The van der Waals surface area contributed by atoms with Crippen LogP contribution < -0.4 is 5.32 Å². The minimum atomic E-state index is -0.939. The number of amides is 1. The molecule has 2 aromatic heterocycles. The summed E-state index contributed by atoms with van der Waals surface area (Å²) in [5.74, 6) is -1.30. The van der Waals surface area contributed by atoms with Crippen molar-refractivity contribution in [1.82, 2.24) is 10.3 Å². The van der Waals surface area contributed by atoms with E-state index >= 15 is 0 Å². The van der Waals surface area contributed by atoms with Gasteiger partial charge in [0, 0.05) is 22.7 Å². The fraction of sp³-hybridized carbons (Fsp3) is 0.167. The van der Waals surface area contributed by atoms with Gasteiger partial charge in [0.05, 0.1) is 4.88 Å². The van der Waals surface area contributed by atoms with Crippen molar-refractivity contribution in [2.75, 3.05) is 6.54 Å². The summed E-state index contributed by atoms with van der Waals surface area (Å²) in [5, 5.41) is 5.03. The molecule has 6 nitrogen and oxygen atoms in total. The Morgan fingerprint density at radius 3 is 2.76 bits per heavy atom. The SMILES string of the molecule is C[C@H](OC(=O)CNC(=O)c1cccs1)C(=O)c1c[nH]c2ccccc12. The second-order valence-electron chi connectivity index (χ2n) is 5.40. The molecular weight excluding hydrogens is 340 g/mol. The number of carbonyl (C=O) groups is 3. The van der Waals surface area contributed by atoms with Gasteiger partial charge in [-0.3, -0.25) is 14.4 Å². The normalized spacial score (nSPS) is 11.9. The first kappa shape index (κ1) is 16.9. The highest BCUT2D eigenvalue weighted by Gasteiger charge is 2.22. The van der Waals surface area contributed by atoms with Crippen LogP contribution in [0.3, 0.4) is 0 Å². The minimum absolute atomic E-state index is 0.289. The summed E-state index contributed by atoms with van der Waals surface area (Å²) in [6, 6.07) is 10.8. The molecule has 1 atom stereocenters. The molecule has 3 aromatic rings. The molecule has 0 saturated heterocycles. The molecule has 2 heterocycles. The van der Waals surface area contributed by atoms with E-state index in [0.717, 1.165) is 10.9 Å². The Balaban J connectivity index is 1.57. The van der Waals surface area contributed by atoms with Crippen LogP contribution >= 0.6 is 11.3 Å². The van der Waals surface area contributed by atoms with Crippen molar-refractivity contribution in [3.05, 3.63) is 58.4 Å². The number of ketones is 1. The van der Waals surface area contributed by atoms with Crippen molar-refractivity contribution in [2.24, 2.45) is 0 Å². The lowest BCUT2D eigenvalue weighted by Gasteiger charge is -2.12. The number of rotatable bonds is 6. The molecule has 2 N–H and O–H groups in total. The average molecular weight is 356 g/mol. The second-order valence-corrected chi connectivity index (χ2v) is 6.35. The van der Waals surface area contributed by atoms with E-state index in [9.17, 15) is 14.4 Å². The second kappa shape index (κ2) is 7.31. The van der Waals surface area contributed by atoms with Gasteiger partial charge in [-0.2, -0.15) is 0 Å².